The van der Waals surface area contributed by atoms with Gasteiger partial charge in [-0.3, -0.25) is 9.69 Å². The van der Waals surface area contributed by atoms with Crippen molar-refractivity contribution in [3.05, 3.63) is 0 Å². The fourth-order valence-corrected chi connectivity index (χ4v) is 2.10. The first kappa shape index (κ1) is 14.5. The number of methoxy groups -OCH3 is 1. The van der Waals surface area contributed by atoms with E-state index in [1.165, 1.54) is 26.4 Å². The SMILES string of the molecule is COC(=O)C(C)(C)CN(CCC(C)C)C1CC1. The standard InChI is InChI=1S/C14H27NO2/c1-11(2)8-9-15(12-6-7-12)10-14(3,4)13(16)17-5/h11-12H,6-10H2,1-5H3. The summed E-state index contributed by atoms with van der Waals surface area (Å²) in [4.78, 5) is 14.2. The summed E-state index contributed by atoms with van der Waals surface area (Å²) < 4.78 is 4.88. The molecule has 0 unspecified atom stereocenters. The van der Waals surface area contributed by atoms with Crippen LogP contribution in [0.5, 0.6) is 0 Å². The molecule has 0 saturated heterocycles. The van der Waals surface area contributed by atoms with E-state index < -0.39 is 5.41 Å². The van der Waals surface area contributed by atoms with Crippen molar-refractivity contribution >= 4 is 5.97 Å². The Balaban J connectivity index is 2.51. The molecule has 0 N–H and O–H groups in total. The average Bonchev–Trinajstić information content (AvgIpc) is 3.06. The summed E-state index contributed by atoms with van der Waals surface area (Å²) >= 11 is 0. The molecule has 3 heteroatoms. The smallest absolute Gasteiger partial charge is 0.312 e. The monoisotopic (exact) mass is 241 g/mol. The van der Waals surface area contributed by atoms with Crippen LogP contribution in [0.25, 0.3) is 0 Å². The third-order valence-electron chi connectivity index (χ3n) is 3.39. The van der Waals surface area contributed by atoms with E-state index in [0.717, 1.165) is 19.0 Å². The van der Waals surface area contributed by atoms with Crippen molar-refractivity contribution < 1.29 is 9.53 Å². The van der Waals surface area contributed by atoms with E-state index in [4.69, 9.17) is 4.74 Å². The van der Waals surface area contributed by atoms with Crippen molar-refractivity contribution in [1.82, 2.24) is 4.90 Å². The van der Waals surface area contributed by atoms with Crippen molar-refractivity contribution in [3.63, 3.8) is 0 Å². The van der Waals surface area contributed by atoms with Gasteiger partial charge in [0.1, 0.15) is 0 Å². The van der Waals surface area contributed by atoms with Gasteiger partial charge >= 0.3 is 5.97 Å². The van der Waals surface area contributed by atoms with Gasteiger partial charge < -0.3 is 4.74 Å². The zero-order valence-corrected chi connectivity index (χ0v) is 12.0. The topological polar surface area (TPSA) is 29.5 Å². The minimum atomic E-state index is -0.395. The summed E-state index contributed by atoms with van der Waals surface area (Å²) in [7, 11) is 1.47. The van der Waals surface area contributed by atoms with E-state index in [9.17, 15) is 4.79 Å². The van der Waals surface area contributed by atoms with Gasteiger partial charge in [-0.25, -0.2) is 0 Å². The van der Waals surface area contributed by atoms with Crippen LogP contribution in [0.4, 0.5) is 0 Å². The van der Waals surface area contributed by atoms with Gasteiger partial charge in [-0.1, -0.05) is 13.8 Å². The molecule has 1 saturated carbocycles. The van der Waals surface area contributed by atoms with Crippen LogP contribution in [-0.2, 0) is 9.53 Å². The minimum absolute atomic E-state index is 0.104. The van der Waals surface area contributed by atoms with E-state index in [1.54, 1.807) is 0 Å². The molecule has 0 amide bonds. The van der Waals surface area contributed by atoms with Crippen molar-refractivity contribution in [1.29, 1.82) is 0 Å². The number of hydrogen-bond donors (Lipinski definition) is 0. The summed E-state index contributed by atoms with van der Waals surface area (Å²) in [5.41, 5.74) is -0.395. The predicted octanol–water partition coefficient (Wildman–Crippen LogP) is 2.70. The molecule has 0 atom stereocenters. The molecule has 0 heterocycles. The first-order valence-electron chi connectivity index (χ1n) is 6.69. The van der Waals surface area contributed by atoms with Gasteiger partial charge in [0.05, 0.1) is 12.5 Å². The highest BCUT2D eigenvalue weighted by atomic mass is 16.5. The lowest BCUT2D eigenvalue weighted by molar-refractivity contribution is -0.151. The lowest BCUT2D eigenvalue weighted by Crippen LogP contribution is -2.41. The number of ether oxygens (including phenoxy) is 1. The van der Waals surface area contributed by atoms with Crippen LogP contribution in [0.3, 0.4) is 0 Å². The van der Waals surface area contributed by atoms with E-state index in [0.29, 0.717) is 6.04 Å². The molecule has 0 radical (unpaired) electrons. The van der Waals surface area contributed by atoms with Crippen LogP contribution >= 0.6 is 0 Å². The maximum absolute atomic E-state index is 11.7. The molecule has 1 aliphatic rings. The van der Waals surface area contributed by atoms with Crippen molar-refractivity contribution in [2.45, 2.75) is 53.0 Å². The first-order valence-corrected chi connectivity index (χ1v) is 6.69. The second kappa shape index (κ2) is 5.85. The van der Waals surface area contributed by atoms with Crippen LogP contribution in [0.2, 0.25) is 0 Å². The van der Waals surface area contributed by atoms with E-state index in [1.807, 2.05) is 13.8 Å². The fraction of sp³-hybridized carbons (Fsp3) is 0.929. The van der Waals surface area contributed by atoms with Gasteiger partial charge in [-0.05, 0) is 45.6 Å². The van der Waals surface area contributed by atoms with Crippen molar-refractivity contribution in [3.8, 4) is 0 Å². The molecule has 0 spiro atoms. The molecular weight excluding hydrogens is 214 g/mol. The second-order valence-electron chi connectivity index (χ2n) is 6.26. The molecule has 100 valence electrons. The van der Waals surface area contributed by atoms with Crippen molar-refractivity contribution in [2.75, 3.05) is 20.2 Å². The lowest BCUT2D eigenvalue weighted by atomic mass is 9.92. The summed E-state index contributed by atoms with van der Waals surface area (Å²) in [5, 5.41) is 0. The first-order chi connectivity index (χ1) is 7.86. The maximum Gasteiger partial charge on any atom is 0.312 e. The van der Waals surface area contributed by atoms with Crippen LogP contribution in [0.1, 0.15) is 47.0 Å². The molecule has 1 rings (SSSR count). The van der Waals surface area contributed by atoms with E-state index in [2.05, 4.69) is 18.7 Å². The third-order valence-corrected chi connectivity index (χ3v) is 3.39. The quantitative estimate of drug-likeness (QED) is 0.642. The Hall–Kier alpha value is -0.570. The third kappa shape index (κ3) is 4.66. The predicted molar refractivity (Wildman–Crippen MR) is 69.8 cm³/mol. The highest BCUT2D eigenvalue weighted by Gasteiger charge is 2.36. The zero-order valence-electron chi connectivity index (χ0n) is 12.0. The maximum atomic E-state index is 11.7. The second-order valence-corrected chi connectivity index (χ2v) is 6.26. The van der Waals surface area contributed by atoms with Gasteiger partial charge in [0.2, 0.25) is 0 Å². The van der Waals surface area contributed by atoms with Gasteiger partial charge in [-0.2, -0.15) is 0 Å². The number of hydrogen-bond acceptors (Lipinski definition) is 3. The Morgan fingerprint density at radius 2 is 2.00 bits per heavy atom. The normalized spacial score (nSPS) is 16.6. The van der Waals surface area contributed by atoms with E-state index in [-0.39, 0.29) is 5.97 Å². The summed E-state index contributed by atoms with van der Waals surface area (Å²) in [5.74, 6) is 0.616. The molecule has 0 aromatic carbocycles. The molecule has 1 fully saturated rings. The van der Waals surface area contributed by atoms with Crippen LogP contribution < -0.4 is 0 Å². The Labute approximate surface area is 106 Å². The van der Waals surface area contributed by atoms with E-state index >= 15 is 0 Å². The highest BCUT2D eigenvalue weighted by molar-refractivity contribution is 5.76. The average molecular weight is 241 g/mol. The van der Waals surface area contributed by atoms with Crippen LogP contribution in [-0.4, -0.2) is 37.1 Å². The lowest BCUT2D eigenvalue weighted by Gasteiger charge is -2.31. The molecular formula is C14H27NO2. The molecule has 1 aliphatic carbocycles. The Morgan fingerprint density at radius 3 is 2.41 bits per heavy atom. The highest BCUT2D eigenvalue weighted by Crippen LogP contribution is 2.31. The van der Waals surface area contributed by atoms with Gasteiger partial charge in [0.15, 0.2) is 0 Å². The van der Waals surface area contributed by atoms with Gasteiger partial charge in [0.25, 0.3) is 0 Å². The zero-order chi connectivity index (χ0) is 13.1. The van der Waals surface area contributed by atoms with Crippen LogP contribution in [0.15, 0.2) is 0 Å². The molecule has 17 heavy (non-hydrogen) atoms. The Kier molecular flexibility index (Phi) is 4.99. The Morgan fingerprint density at radius 1 is 1.41 bits per heavy atom. The molecule has 0 aliphatic heterocycles. The largest absolute Gasteiger partial charge is 0.469 e. The number of rotatable bonds is 7. The molecule has 3 nitrogen and oxygen atoms in total. The summed E-state index contributed by atoms with van der Waals surface area (Å²) in [6.45, 7) is 10.4. The minimum Gasteiger partial charge on any atom is -0.469 e. The molecule has 0 bridgehead atoms. The van der Waals surface area contributed by atoms with Crippen molar-refractivity contribution in [2.24, 2.45) is 11.3 Å². The van der Waals surface area contributed by atoms with Crippen LogP contribution in [0, 0.1) is 11.3 Å². The van der Waals surface area contributed by atoms with Gasteiger partial charge in [0, 0.05) is 12.6 Å². The Bertz CT molecular complexity index is 257. The fourth-order valence-electron chi connectivity index (χ4n) is 2.10. The number of nitrogens with zero attached hydrogens (tertiary/aromatic N) is 1. The summed E-state index contributed by atoms with van der Waals surface area (Å²) in [6.07, 6.45) is 3.78. The number of carbonyl (C=O) groups is 1. The number of esters is 1. The molecule has 0 aromatic rings. The summed E-state index contributed by atoms with van der Waals surface area (Å²) in [6, 6.07) is 0.706. The van der Waals surface area contributed by atoms with Gasteiger partial charge in [-0.15, -0.1) is 0 Å². The molecule has 0 aromatic heterocycles. The number of carbonyl (C=O) groups excluding carboxylic acids is 1.